The lowest BCUT2D eigenvalue weighted by molar-refractivity contribution is -0.126. The molecule has 2 aliphatic carbocycles. The number of ether oxygens (including phenoxy) is 1. The van der Waals surface area contributed by atoms with E-state index in [1.54, 1.807) is 6.20 Å². The number of alkyl halides is 3. The molecule has 8 nitrogen and oxygen atoms in total. The zero-order valence-electron chi connectivity index (χ0n) is 18.8. The quantitative estimate of drug-likeness (QED) is 0.450. The van der Waals surface area contributed by atoms with Gasteiger partial charge in [-0.05, 0) is 50.5 Å². The highest BCUT2D eigenvalue weighted by atomic mass is 19.4. The van der Waals surface area contributed by atoms with Gasteiger partial charge in [-0.1, -0.05) is 0 Å². The van der Waals surface area contributed by atoms with Gasteiger partial charge < -0.3 is 24.9 Å². The molecule has 3 N–H and O–H groups in total. The molecule has 2 saturated carbocycles. The second-order valence-electron chi connectivity index (χ2n) is 9.35. The summed E-state index contributed by atoms with van der Waals surface area (Å²) in [5, 5.41) is 6.42. The highest BCUT2D eigenvalue weighted by molar-refractivity contribution is 6.01. The average Bonchev–Trinajstić information content (AvgIpc) is 3.38. The third-order valence-corrected chi connectivity index (χ3v) is 6.73. The Morgan fingerprint density at radius 2 is 2.00 bits per heavy atom. The van der Waals surface area contributed by atoms with Gasteiger partial charge in [-0.15, -0.1) is 0 Å². The van der Waals surface area contributed by atoms with E-state index in [1.807, 2.05) is 12.3 Å². The van der Waals surface area contributed by atoms with Gasteiger partial charge in [-0.2, -0.15) is 13.2 Å². The first-order valence-electron chi connectivity index (χ1n) is 11.9. The first kappa shape index (κ1) is 22.9. The van der Waals surface area contributed by atoms with Crippen LogP contribution in [0.15, 0.2) is 18.5 Å². The number of nitrogens with one attached hydrogen (secondary N) is 3. The maximum atomic E-state index is 12.6. The summed E-state index contributed by atoms with van der Waals surface area (Å²) < 4.78 is 45.2. The fourth-order valence-corrected chi connectivity index (χ4v) is 4.81. The van der Waals surface area contributed by atoms with Crippen LogP contribution in [0.3, 0.4) is 0 Å². The third-order valence-electron chi connectivity index (χ3n) is 6.73. The van der Waals surface area contributed by atoms with E-state index < -0.39 is 18.8 Å². The van der Waals surface area contributed by atoms with E-state index in [4.69, 9.17) is 9.72 Å². The van der Waals surface area contributed by atoms with Crippen molar-refractivity contribution in [1.82, 2.24) is 30.2 Å². The van der Waals surface area contributed by atoms with Crippen LogP contribution in [0.1, 0.15) is 50.4 Å². The molecule has 184 valence electrons. The molecule has 2 aliphatic rings. The van der Waals surface area contributed by atoms with Gasteiger partial charge in [0.05, 0.1) is 24.9 Å². The SMILES string of the molecule is O=C(NCCc1nc2cnc3[nH]ccc3c2n1[C@H]1CC[C@H](NCC(F)(F)F)CC1)OCC1CC1. The Morgan fingerprint density at radius 3 is 2.74 bits per heavy atom. The number of aromatic amines is 1. The van der Waals surface area contributed by atoms with Gasteiger partial charge in [0.2, 0.25) is 0 Å². The van der Waals surface area contributed by atoms with Crippen LogP contribution in [0.5, 0.6) is 0 Å². The zero-order chi connectivity index (χ0) is 23.7. The van der Waals surface area contributed by atoms with Crippen LogP contribution in [-0.2, 0) is 11.2 Å². The Morgan fingerprint density at radius 1 is 1.21 bits per heavy atom. The minimum absolute atomic E-state index is 0.117. The molecular formula is C23H29F3N6O2. The average molecular weight is 479 g/mol. The number of carbonyl (C=O) groups is 1. The number of carbonyl (C=O) groups excluding carboxylic acids is 1. The Bertz CT molecular complexity index is 1140. The van der Waals surface area contributed by atoms with Gasteiger partial charge >= 0.3 is 12.3 Å². The van der Waals surface area contributed by atoms with E-state index in [1.165, 1.54) is 0 Å². The van der Waals surface area contributed by atoms with Crippen molar-refractivity contribution in [2.24, 2.45) is 5.92 Å². The zero-order valence-corrected chi connectivity index (χ0v) is 18.8. The van der Waals surface area contributed by atoms with Crippen LogP contribution in [0.2, 0.25) is 0 Å². The number of nitrogens with zero attached hydrogens (tertiary/aromatic N) is 3. The van der Waals surface area contributed by atoms with E-state index in [-0.39, 0.29) is 12.1 Å². The lowest BCUT2D eigenvalue weighted by atomic mass is 9.90. The smallest absolute Gasteiger partial charge is 0.407 e. The van der Waals surface area contributed by atoms with Crippen LogP contribution < -0.4 is 10.6 Å². The largest absolute Gasteiger partial charge is 0.449 e. The number of hydrogen-bond donors (Lipinski definition) is 3. The number of amides is 1. The van der Waals surface area contributed by atoms with Gasteiger partial charge in [-0.25, -0.2) is 14.8 Å². The van der Waals surface area contributed by atoms with Crippen LogP contribution >= 0.6 is 0 Å². The minimum Gasteiger partial charge on any atom is -0.449 e. The van der Waals surface area contributed by atoms with Gasteiger partial charge in [-0.3, -0.25) is 0 Å². The van der Waals surface area contributed by atoms with Crippen molar-refractivity contribution in [3.8, 4) is 0 Å². The number of aromatic nitrogens is 4. The van der Waals surface area contributed by atoms with Gasteiger partial charge in [0.25, 0.3) is 0 Å². The topological polar surface area (TPSA) is 96.9 Å². The summed E-state index contributed by atoms with van der Waals surface area (Å²) >= 11 is 0. The van der Waals surface area contributed by atoms with Crippen molar-refractivity contribution >= 4 is 28.2 Å². The van der Waals surface area contributed by atoms with E-state index in [9.17, 15) is 18.0 Å². The van der Waals surface area contributed by atoms with Crippen molar-refractivity contribution in [3.05, 3.63) is 24.3 Å². The molecule has 1 amide bonds. The van der Waals surface area contributed by atoms with Gasteiger partial charge in [0, 0.05) is 36.6 Å². The van der Waals surface area contributed by atoms with Crippen molar-refractivity contribution in [2.75, 3.05) is 19.7 Å². The number of imidazole rings is 1. The molecule has 3 heterocycles. The maximum Gasteiger partial charge on any atom is 0.407 e. The molecule has 0 aliphatic heterocycles. The fourth-order valence-electron chi connectivity index (χ4n) is 4.81. The molecule has 0 spiro atoms. The Balaban J connectivity index is 1.31. The number of H-pyrrole nitrogens is 1. The number of hydrogen-bond acceptors (Lipinski definition) is 5. The molecule has 11 heteroatoms. The van der Waals surface area contributed by atoms with Crippen LogP contribution in [0.25, 0.3) is 22.1 Å². The fraction of sp³-hybridized carbons (Fsp3) is 0.609. The van der Waals surface area contributed by atoms with Crippen LogP contribution in [0.4, 0.5) is 18.0 Å². The maximum absolute atomic E-state index is 12.6. The molecule has 0 radical (unpaired) electrons. The van der Waals surface area contributed by atoms with E-state index >= 15 is 0 Å². The summed E-state index contributed by atoms with van der Waals surface area (Å²) in [7, 11) is 0. The molecular weight excluding hydrogens is 449 g/mol. The monoisotopic (exact) mass is 478 g/mol. The van der Waals surface area contributed by atoms with Crippen LogP contribution in [-0.4, -0.2) is 57.5 Å². The molecule has 2 fully saturated rings. The summed E-state index contributed by atoms with van der Waals surface area (Å²) in [5.74, 6) is 1.34. The lowest BCUT2D eigenvalue weighted by Crippen LogP contribution is -2.39. The third kappa shape index (κ3) is 5.29. The summed E-state index contributed by atoms with van der Waals surface area (Å²) in [5.41, 5.74) is 2.52. The molecule has 0 atom stereocenters. The van der Waals surface area contributed by atoms with Crippen molar-refractivity contribution in [1.29, 1.82) is 0 Å². The van der Waals surface area contributed by atoms with Gasteiger partial charge in [0.15, 0.2) is 0 Å². The molecule has 3 aromatic rings. The normalized spacial score (nSPS) is 21.3. The highest BCUT2D eigenvalue weighted by Gasteiger charge is 2.31. The molecule has 0 bridgehead atoms. The van der Waals surface area contributed by atoms with E-state index in [0.29, 0.717) is 38.3 Å². The Labute approximate surface area is 194 Å². The molecule has 0 unspecified atom stereocenters. The highest BCUT2D eigenvalue weighted by Crippen LogP contribution is 2.35. The first-order valence-corrected chi connectivity index (χ1v) is 11.9. The summed E-state index contributed by atoms with van der Waals surface area (Å²) in [6, 6.07) is 1.94. The number of halogens is 3. The first-order chi connectivity index (χ1) is 16.4. The van der Waals surface area contributed by atoms with Crippen molar-refractivity contribution in [2.45, 2.75) is 63.2 Å². The number of fused-ring (bicyclic) bond motifs is 3. The van der Waals surface area contributed by atoms with Gasteiger partial charge in [0.1, 0.15) is 17.0 Å². The Hall–Kier alpha value is -2.82. The molecule has 5 rings (SSSR count). The summed E-state index contributed by atoms with van der Waals surface area (Å²) in [6.45, 7) is -0.105. The Kier molecular flexibility index (Phi) is 6.37. The van der Waals surface area contributed by atoms with Crippen molar-refractivity contribution < 1.29 is 22.7 Å². The van der Waals surface area contributed by atoms with Crippen molar-refractivity contribution in [3.63, 3.8) is 0 Å². The second kappa shape index (κ2) is 9.44. The second-order valence-corrected chi connectivity index (χ2v) is 9.35. The van der Waals surface area contributed by atoms with E-state index in [0.717, 1.165) is 53.6 Å². The summed E-state index contributed by atoms with van der Waals surface area (Å²) in [6.07, 6.45) is 4.53. The number of pyridine rings is 1. The predicted octanol–water partition coefficient (Wildman–Crippen LogP) is 4.23. The molecule has 34 heavy (non-hydrogen) atoms. The minimum atomic E-state index is -4.20. The standard InChI is InChI=1S/C23H29F3N6O2/c24-23(25,26)13-30-15-3-5-16(6-4-15)32-19(8-10-28-22(33)34-12-14-1-2-14)31-18-11-29-21-17(20(18)32)7-9-27-21/h7,9,11,14-16,30H,1-6,8,10,12-13H2,(H,27,29)(H,28,33)/t15-,16-. The summed E-state index contributed by atoms with van der Waals surface area (Å²) in [4.78, 5) is 24.4. The molecule has 0 aromatic carbocycles. The number of alkyl carbamates (subject to hydrolysis) is 1. The molecule has 0 saturated heterocycles. The lowest BCUT2D eigenvalue weighted by Gasteiger charge is -2.31. The van der Waals surface area contributed by atoms with Crippen LogP contribution in [0, 0.1) is 5.92 Å². The van der Waals surface area contributed by atoms with E-state index in [2.05, 4.69) is 25.2 Å². The number of rotatable bonds is 8. The molecule has 3 aromatic heterocycles. The predicted molar refractivity (Wildman–Crippen MR) is 121 cm³/mol.